The first kappa shape index (κ1) is 20.8. The summed E-state index contributed by atoms with van der Waals surface area (Å²) in [6.07, 6.45) is 0. The van der Waals surface area contributed by atoms with E-state index < -0.39 is 27.7 Å². The van der Waals surface area contributed by atoms with Gasteiger partial charge in [0, 0.05) is 4.91 Å². The molecule has 1 aliphatic carbocycles. The monoisotopic (exact) mass is 468 g/mol. The van der Waals surface area contributed by atoms with E-state index in [0.717, 1.165) is 27.8 Å². The highest BCUT2D eigenvalue weighted by molar-refractivity contribution is 8.02. The van der Waals surface area contributed by atoms with Crippen LogP contribution >= 0.6 is 11.8 Å². The highest BCUT2D eigenvalue weighted by atomic mass is 32.2. The van der Waals surface area contributed by atoms with Crippen molar-refractivity contribution >= 4 is 23.6 Å². The highest BCUT2D eigenvalue weighted by Crippen LogP contribution is 2.73. The molecule has 2 aliphatic heterocycles. The van der Waals surface area contributed by atoms with Gasteiger partial charge in [-0.1, -0.05) is 84.0 Å². The molecule has 3 aromatic carbocycles. The fourth-order valence-electron chi connectivity index (χ4n) is 5.77. The second-order valence-electron chi connectivity index (χ2n) is 8.46. The van der Waals surface area contributed by atoms with Crippen molar-refractivity contribution in [1.29, 1.82) is 0 Å². The summed E-state index contributed by atoms with van der Waals surface area (Å²) in [5.74, 6) is -0.835. The summed E-state index contributed by atoms with van der Waals surface area (Å²) in [7, 11) is 0. The first-order valence-electron chi connectivity index (χ1n) is 11.1. The van der Waals surface area contributed by atoms with Gasteiger partial charge in [-0.25, -0.2) is 4.79 Å². The van der Waals surface area contributed by atoms with Crippen molar-refractivity contribution in [3.63, 3.8) is 0 Å². The Balaban J connectivity index is 1.69. The summed E-state index contributed by atoms with van der Waals surface area (Å²) < 4.78 is 4.66. The standard InChI is InChI=1S/C26H20N4O3S/c1-2-33-24(32)22-25(19-14-8-6-12-17(19)18-13-7-9-15-20(18)25)34-26(16-10-4-3-5-11-16)21(28-29-27)23(31)30(22)26/h3-15,21-22H,2H2,1H3/t21-,22+,26+/m1/s1. The molecule has 3 aromatic rings. The largest absolute Gasteiger partial charge is 0.464 e. The molecule has 3 atom stereocenters. The second kappa shape index (κ2) is 7.38. The Morgan fingerprint density at radius 2 is 1.62 bits per heavy atom. The number of thioether (sulfide) groups is 1. The van der Waals surface area contributed by atoms with Crippen molar-refractivity contribution in [2.45, 2.75) is 28.6 Å². The SMILES string of the molecule is CCOC(=O)[C@@H]1N2C(=O)[C@@H](N=[N+]=[N-])[C@]2(c2ccccc2)SC12c1ccccc1-c1ccccc12. The predicted molar refractivity (Wildman–Crippen MR) is 129 cm³/mol. The van der Waals surface area contributed by atoms with Crippen molar-refractivity contribution in [3.8, 4) is 11.1 Å². The Bertz CT molecular complexity index is 1340. The molecule has 0 N–H and O–H groups in total. The van der Waals surface area contributed by atoms with Crippen LogP contribution in [0.15, 0.2) is 84.0 Å². The fraction of sp³-hybridized carbons (Fsp3) is 0.231. The summed E-state index contributed by atoms with van der Waals surface area (Å²) in [5.41, 5.74) is 14.1. The predicted octanol–water partition coefficient (Wildman–Crippen LogP) is 4.96. The number of carbonyl (C=O) groups is 2. The Labute approximate surface area is 200 Å². The number of ether oxygens (including phenoxy) is 1. The van der Waals surface area contributed by atoms with Gasteiger partial charge in [0.15, 0.2) is 12.1 Å². The topological polar surface area (TPSA) is 95.4 Å². The molecule has 3 aliphatic rings. The van der Waals surface area contributed by atoms with Gasteiger partial charge in [0.25, 0.3) is 0 Å². The Hall–Kier alpha value is -3.74. The van der Waals surface area contributed by atoms with Crippen LogP contribution in [0.4, 0.5) is 0 Å². The van der Waals surface area contributed by atoms with Gasteiger partial charge in [-0.05, 0) is 40.3 Å². The van der Waals surface area contributed by atoms with Crippen LogP contribution in [-0.2, 0) is 23.9 Å². The van der Waals surface area contributed by atoms with Crippen molar-refractivity contribution in [2.75, 3.05) is 6.61 Å². The van der Waals surface area contributed by atoms with Gasteiger partial charge in [-0.15, -0.1) is 11.8 Å². The van der Waals surface area contributed by atoms with Crippen LogP contribution in [0, 0.1) is 0 Å². The number of hydrogen-bond acceptors (Lipinski definition) is 5. The van der Waals surface area contributed by atoms with Crippen LogP contribution in [0.25, 0.3) is 21.6 Å². The number of β-lactam (4-membered cyclic amide) rings is 1. The molecule has 34 heavy (non-hydrogen) atoms. The first-order valence-corrected chi connectivity index (χ1v) is 11.9. The summed E-state index contributed by atoms with van der Waals surface area (Å²) in [6.45, 7) is 1.95. The van der Waals surface area contributed by atoms with Gasteiger partial charge in [-0.2, -0.15) is 0 Å². The molecular weight excluding hydrogens is 448 g/mol. The lowest BCUT2D eigenvalue weighted by Crippen LogP contribution is -2.70. The van der Waals surface area contributed by atoms with Gasteiger partial charge < -0.3 is 9.64 Å². The third-order valence-corrected chi connectivity index (χ3v) is 8.92. The van der Waals surface area contributed by atoms with Gasteiger partial charge in [0.1, 0.15) is 9.62 Å². The average molecular weight is 469 g/mol. The van der Waals surface area contributed by atoms with Crippen LogP contribution in [0.2, 0.25) is 0 Å². The number of carbonyl (C=O) groups excluding carboxylic acids is 2. The molecule has 0 unspecified atom stereocenters. The van der Waals surface area contributed by atoms with Gasteiger partial charge in [0.05, 0.1) is 6.61 Å². The smallest absolute Gasteiger partial charge is 0.331 e. The van der Waals surface area contributed by atoms with E-state index in [1.165, 1.54) is 11.8 Å². The third-order valence-electron chi connectivity index (χ3n) is 6.97. The number of azide groups is 1. The Morgan fingerprint density at radius 3 is 2.21 bits per heavy atom. The maximum absolute atomic E-state index is 13.7. The van der Waals surface area contributed by atoms with Crippen LogP contribution in [0.3, 0.4) is 0 Å². The highest BCUT2D eigenvalue weighted by Gasteiger charge is 2.77. The number of fused-ring (bicyclic) bond motifs is 6. The molecular formula is C26H20N4O3S. The number of nitrogens with zero attached hydrogens (tertiary/aromatic N) is 4. The molecule has 0 bridgehead atoms. The van der Waals surface area contributed by atoms with E-state index in [-0.39, 0.29) is 12.5 Å². The lowest BCUT2D eigenvalue weighted by Gasteiger charge is -2.52. The Morgan fingerprint density at radius 1 is 1.03 bits per heavy atom. The lowest BCUT2D eigenvalue weighted by molar-refractivity contribution is -0.169. The zero-order valence-electron chi connectivity index (χ0n) is 18.3. The minimum atomic E-state index is -1.04. The van der Waals surface area contributed by atoms with E-state index in [2.05, 4.69) is 10.0 Å². The summed E-state index contributed by atoms with van der Waals surface area (Å²) in [5, 5.41) is 3.92. The first-order chi connectivity index (χ1) is 16.6. The molecule has 6 rings (SSSR count). The van der Waals surface area contributed by atoms with E-state index in [9.17, 15) is 15.1 Å². The van der Waals surface area contributed by atoms with Crippen molar-refractivity contribution < 1.29 is 14.3 Å². The van der Waals surface area contributed by atoms with Crippen molar-refractivity contribution in [2.24, 2.45) is 5.11 Å². The molecule has 8 heteroatoms. The fourth-order valence-corrected chi connectivity index (χ4v) is 7.96. The van der Waals surface area contributed by atoms with Gasteiger partial charge in [-0.3, -0.25) is 4.79 Å². The molecule has 1 spiro atoms. The summed E-state index contributed by atoms with van der Waals surface area (Å²) in [4.78, 5) is 30.8. The average Bonchev–Trinajstić information content (AvgIpc) is 3.33. The number of hydrogen-bond donors (Lipinski definition) is 0. The molecule has 1 amide bonds. The van der Waals surface area contributed by atoms with E-state index in [0.29, 0.717) is 0 Å². The third kappa shape index (κ3) is 2.36. The van der Waals surface area contributed by atoms with Crippen LogP contribution < -0.4 is 0 Å². The molecule has 7 nitrogen and oxygen atoms in total. The van der Waals surface area contributed by atoms with Crippen LogP contribution in [0.1, 0.15) is 23.6 Å². The van der Waals surface area contributed by atoms with E-state index in [1.807, 2.05) is 78.9 Å². The summed E-state index contributed by atoms with van der Waals surface area (Å²) in [6, 6.07) is 23.6. The minimum absolute atomic E-state index is 0.194. The van der Waals surface area contributed by atoms with E-state index in [4.69, 9.17) is 4.74 Å². The second-order valence-corrected chi connectivity index (χ2v) is 9.93. The molecule has 0 radical (unpaired) electrons. The maximum Gasteiger partial charge on any atom is 0.331 e. The van der Waals surface area contributed by atoms with E-state index in [1.54, 1.807) is 11.8 Å². The molecule has 0 aromatic heterocycles. The summed E-state index contributed by atoms with van der Waals surface area (Å²) >= 11 is 1.51. The quantitative estimate of drug-likeness (QED) is 0.178. The lowest BCUT2D eigenvalue weighted by atomic mass is 9.81. The molecule has 2 heterocycles. The maximum atomic E-state index is 13.7. The number of amides is 1. The minimum Gasteiger partial charge on any atom is -0.464 e. The Kier molecular flexibility index (Phi) is 4.52. The molecule has 2 fully saturated rings. The van der Waals surface area contributed by atoms with Gasteiger partial charge in [0.2, 0.25) is 5.91 Å². The van der Waals surface area contributed by atoms with Crippen LogP contribution in [0.5, 0.6) is 0 Å². The normalized spacial score (nSPS) is 25.1. The van der Waals surface area contributed by atoms with Crippen molar-refractivity contribution in [3.05, 3.63) is 106 Å². The number of esters is 1. The molecule has 2 saturated heterocycles. The van der Waals surface area contributed by atoms with Crippen molar-refractivity contribution in [1.82, 2.24) is 4.90 Å². The zero-order valence-corrected chi connectivity index (χ0v) is 19.1. The zero-order chi connectivity index (χ0) is 23.5. The van der Waals surface area contributed by atoms with Gasteiger partial charge >= 0.3 is 5.97 Å². The molecule has 0 saturated carbocycles. The number of benzene rings is 3. The van der Waals surface area contributed by atoms with E-state index >= 15 is 0 Å². The number of rotatable bonds is 4. The van der Waals surface area contributed by atoms with Crippen LogP contribution in [-0.4, -0.2) is 35.5 Å². The molecule has 168 valence electrons.